The molecular weight excluding hydrogens is 128 g/mol. The predicted octanol–water partition coefficient (Wildman–Crippen LogP) is 1.54. The average molecular weight is 141 g/mol. The average Bonchev–Trinajstić information content (AvgIpc) is 1.87. The Morgan fingerprint density at radius 2 is 2.10 bits per heavy atom. The molecule has 0 aromatic heterocycles. The molecule has 57 valence electrons. The van der Waals surface area contributed by atoms with Crippen LogP contribution in [0, 0.1) is 6.42 Å². The van der Waals surface area contributed by atoms with Crippen LogP contribution in [0.3, 0.4) is 0 Å². The van der Waals surface area contributed by atoms with Crippen molar-refractivity contribution in [3.05, 3.63) is 6.42 Å². The zero-order valence-electron chi connectivity index (χ0n) is 6.30. The van der Waals surface area contributed by atoms with E-state index in [1.165, 1.54) is 0 Å². The fourth-order valence-corrected chi connectivity index (χ4v) is 0.704. The van der Waals surface area contributed by atoms with Crippen molar-refractivity contribution >= 4 is 12.1 Å². The van der Waals surface area contributed by atoms with Gasteiger partial charge in [-0.05, 0) is 19.8 Å². The van der Waals surface area contributed by atoms with Crippen LogP contribution in [0.2, 0.25) is 0 Å². The second-order valence-electron chi connectivity index (χ2n) is 2.32. The number of carbonyl (C=O) groups excluding carboxylic acids is 2. The van der Waals surface area contributed by atoms with Crippen LogP contribution in [0.4, 0.5) is 0 Å². The molecule has 1 radical (unpaired) electrons. The molecule has 0 aromatic carbocycles. The van der Waals surface area contributed by atoms with Gasteiger partial charge in [0.05, 0.1) is 0 Å². The molecule has 0 atom stereocenters. The van der Waals surface area contributed by atoms with Crippen molar-refractivity contribution in [2.24, 2.45) is 0 Å². The summed E-state index contributed by atoms with van der Waals surface area (Å²) in [7, 11) is 0. The molecule has 0 aliphatic carbocycles. The number of unbranched alkanes of at least 4 members (excludes halogenated alkanes) is 3. The van der Waals surface area contributed by atoms with Gasteiger partial charge in [0, 0.05) is 12.8 Å². The first-order chi connectivity index (χ1) is 4.77. The van der Waals surface area contributed by atoms with Gasteiger partial charge in [-0.2, -0.15) is 0 Å². The maximum Gasteiger partial charge on any atom is 0.129 e. The van der Waals surface area contributed by atoms with E-state index < -0.39 is 0 Å². The van der Waals surface area contributed by atoms with Crippen LogP contribution in [0.1, 0.15) is 32.6 Å². The molecule has 2 nitrogen and oxygen atoms in total. The fourth-order valence-electron chi connectivity index (χ4n) is 0.704. The summed E-state index contributed by atoms with van der Waals surface area (Å²) in [5.74, 6) is 0.228. The fraction of sp³-hybridized carbons (Fsp3) is 0.625. The lowest BCUT2D eigenvalue weighted by molar-refractivity contribution is -0.117. The van der Waals surface area contributed by atoms with Crippen molar-refractivity contribution < 1.29 is 9.59 Å². The van der Waals surface area contributed by atoms with E-state index in [4.69, 9.17) is 0 Å². The number of ketones is 1. The molecule has 0 saturated carbocycles. The molecule has 2 heteroatoms. The van der Waals surface area contributed by atoms with Crippen LogP contribution in [0.25, 0.3) is 0 Å². The van der Waals surface area contributed by atoms with Crippen LogP contribution in [0.5, 0.6) is 0 Å². The Balaban J connectivity index is 2.90. The van der Waals surface area contributed by atoms with Crippen molar-refractivity contribution in [2.45, 2.75) is 32.6 Å². The quantitative estimate of drug-likeness (QED) is 0.415. The van der Waals surface area contributed by atoms with Crippen molar-refractivity contribution in [1.29, 1.82) is 0 Å². The number of Topliss-reactive ketones (excluding diaryl/α,β-unsaturated/α-hetero) is 1. The van der Waals surface area contributed by atoms with Crippen LogP contribution in [-0.2, 0) is 9.59 Å². The van der Waals surface area contributed by atoms with E-state index in [9.17, 15) is 9.59 Å². The molecule has 0 rings (SSSR count). The Morgan fingerprint density at radius 3 is 2.60 bits per heavy atom. The highest BCUT2D eigenvalue weighted by Crippen LogP contribution is 2.00. The van der Waals surface area contributed by atoms with Gasteiger partial charge in [-0.1, -0.05) is 6.42 Å². The highest BCUT2D eigenvalue weighted by Gasteiger charge is 1.92. The molecule has 0 bridgehead atoms. The highest BCUT2D eigenvalue weighted by molar-refractivity contribution is 5.75. The lowest BCUT2D eigenvalue weighted by Gasteiger charge is -1.93. The molecule has 0 saturated heterocycles. The zero-order chi connectivity index (χ0) is 7.82. The summed E-state index contributed by atoms with van der Waals surface area (Å²) in [6, 6.07) is 0. The van der Waals surface area contributed by atoms with Gasteiger partial charge in [0.2, 0.25) is 0 Å². The minimum atomic E-state index is 0.228. The second-order valence-corrected chi connectivity index (χ2v) is 2.32. The third-order valence-electron chi connectivity index (χ3n) is 1.25. The number of hydrogen-bond donors (Lipinski definition) is 0. The van der Waals surface area contributed by atoms with Crippen molar-refractivity contribution in [3.8, 4) is 0 Å². The summed E-state index contributed by atoms with van der Waals surface area (Å²) in [6.45, 7) is 1.59. The summed E-state index contributed by atoms with van der Waals surface area (Å²) in [4.78, 5) is 20.2. The van der Waals surface area contributed by atoms with Crippen LogP contribution >= 0.6 is 0 Å². The van der Waals surface area contributed by atoms with Crippen LogP contribution in [0.15, 0.2) is 0 Å². The van der Waals surface area contributed by atoms with E-state index in [0.29, 0.717) is 6.42 Å². The van der Waals surface area contributed by atoms with Gasteiger partial charge in [-0.25, -0.2) is 0 Å². The van der Waals surface area contributed by atoms with E-state index in [0.717, 1.165) is 25.5 Å². The SMILES string of the molecule is CC(=O)CCCC[CH]C=O. The van der Waals surface area contributed by atoms with Gasteiger partial charge >= 0.3 is 0 Å². The Morgan fingerprint density at radius 1 is 1.40 bits per heavy atom. The summed E-state index contributed by atoms with van der Waals surface area (Å²) in [6.07, 6.45) is 5.68. The number of rotatable bonds is 6. The molecule has 0 amide bonds. The molecular formula is C8H13O2. The van der Waals surface area contributed by atoms with E-state index in [1.54, 1.807) is 13.3 Å². The maximum absolute atomic E-state index is 10.4. The summed E-state index contributed by atoms with van der Waals surface area (Å²) in [5, 5.41) is 0. The van der Waals surface area contributed by atoms with Crippen LogP contribution < -0.4 is 0 Å². The van der Waals surface area contributed by atoms with Crippen molar-refractivity contribution in [2.75, 3.05) is 0 Å². The first-order valence-corrected chi connectivity index (χ1v) is 3.53. The van der Waals surface area contributed by atoms with E-state index >= 15 is 0 Å². The number of aldehydes is 1. The minimum absolute atomic E-state index is 0.228. The van der Waals surface area contributed by atoms with E-state index in [1.807, 2.05) is 0 Å². The Hall–Kier alpha value is -0.660. The van der Waals surface area contributed by atoms with E-state index in [-0.39, 0.29) is 5.78 Å². The Labute approximate surface area is 61.6 Å². The van der Waals surface area contributed by atoms with Gasteiger partial charge in [-0.15, -0.1) is 0 Å². The third kappa shape index (κ3) is 7.34. The van der Waals surface area contributed by atoms with Crippen molar-refractivity contribution in [3.63, 3.8) is 0 Å². The molecule has 0 heterocycles. The largest absolute Gasteiger partial charge is 0.303 e. The first kappa shape index (κ1) is 9.34. The molecule has 10 heavy (non-hydrogen) atoms. The molecule has 0 aromatic rings. The molecule has 0 aliphatic rings. The standard InChI is InChI=1S/C8H13O2/c1-8(10)6-4-2-3-5-7-9/h5,7H,2-4,6H2,1H3. The summed E-state index contributed by atoms with van der Waals surface area (Å²) >= 11 is 0. The molecule has 0 unspecified atom stereocenters. The second kappa shape index (κ2) is 6.46. The molecule has 0 N–H and O–H groups in total. The van der Waals surface area contributed by atoms with Crippen molar-refractivity contribution in [1.82, 2.24) is 0 Å². The van der Waals surface area contributed by atoms with Gasteiger partial charge in [-0.3, -0.25) is 0 Å². The van der Waals surface area contributed by atoms with Gasteiger partial charge in [0.15, 0.2) is 0 Å². The molecule has 0 spiro atoms. The first-order valence-electron chi connectivity index (χ1n) is 3.53. The zero-order valence-corrected chi connectivity index (χ0v) is 6.30. The topological polar surface area (TPSA) is 34.1 Å². The smallest absolute Gasteiger partial charge is 0.129 e. The summed E-state index contributed by atoms with van der Waals surface area (Å²) in [5.41, 5.74) is 0. The number of hydrogen-bond acceptors (Lipinski definition) is 2. The van der Waals surface area contributed by atoms with Gasteiger partial charge < -0.3 is 9.59 Å². The minimum Gasteiger partial charge on any atom is -0.303 e. The Bertz CT molecular complexity index is 108. The van der Waals surface area contributed by atoms with Gasteiger partial charge in [0.1, 0.15) is 12.1 Å². The predicted molar refractivity (Wildman–Crippen MR) is 39.5 cm³/mol. The lowest BCUT2D eigenvalue weighted by atomic mass is 10.1. The third-order valence-corrected chi connectivity index (χ3v) is 1.25. The highest BCUT2D eigenvalue weighted by atomic mass is 16.1. The monoisotopic (exact) mass is 141 g/mol. The maximum atomic E-state index is 10.4. The summed E-state index contributed by atoms with van der Waals surface area (Å²) < 4.78 is 0. The number of carbonyl (C=O) groups is 2. The normalized spacial score (nSPS) is 9.30. The Kier molecular flexibility index (Phi) is 6.03. The molecule has 0 fully saturated rings. The molecule has 0 aliphatic heterocycles. The van der Waals surface area contributed by atoms with Crippen LogP contribution in [-0.4, -0.2) is 12.1 Å². The van der Waals surface area contributed by atoms with E-state index in [2.05, 4.69) is 0 Å². The lowest BCUT2D eigenvalue weighted by Crippen LogP contribution is -1.89. The van der Waals surface area contributed by atoms with Gasteiger partial charge in [0.25, 0.3) is 0 Å².